The van der Waals surface area contributed by atoms with E-state index >= 15 is 0 Å². The largest absolute Gasteiger partial charge is 0.374 e. The molecule has 0 radical (unpaired) electrons. The fourth-order valence-electron chi connectivity index (χ4n) is 1.33. The second-order valence-electron chi connectivity index (χ2n) is 2.90. The van der Waals surface area contributed by atoms with E-state index in [-0.39, 0.29) is 6.10 Å². The second kappa shape index (κ2) is 5.25. The fourth-order valence-corrected chi connectivity index (χ4v) is 1.45. The molecule has 0 saturated carbocycles. The Kier molecular flexibility index (Phi) is 4.26. The van der Waals surface area contributed by atoms with Crippen molar-refractivity contribution in [3.05, 3.63) is 34.9 Å². The van der Waals surface area contributed by atoms with Gasteiger partial charge in [-0.2, -0.15) is 0 Å². The van der Waals surface area contributed by atoms with Crippen molar-refractivity contribution in [2.75, 3.05) is 6.61 Å². The highest BCUT2D eigenvalue weighted by molar-refractivity contribution is 6.30. The van der Waals surface area contributed by atoms with Crippen LogP contribution in [0.1, 0.15) is 31.9 Å². The van der Waals surface area contributed by atoms with Crippen LogP contribution in [-0.4, -0.2) is 6.61 Å². The molecule has 0 spiro atoms. The van der Waals surface area contributed by atoms with Crippen LogP contribution in [0, 0.1) is 0 Å². The molecule has 0 aliphatic rings. The molecule has 0 aromatic heterocycles. The molecule has 0 bridgehead atoms. The summed E-state index contributed by atoms with van der Waals surface area (Å²) >= 11 is 5.80. The fraction of sp³-hybridized carbons (Fsp3) is 0.455. The number of rotatable bonds is 4. The molecule has 1 atom stereocenters. The lowest BCUT2D eigenvalue weighted by Gasteiger charge is -2.14. The molecule has 1 unspecified atom stereocenters. The second-order valence-corrected chi connectivity index (χ2v) is 3.34. The quantitative estimate of drug-likeness (QED) is 0.715. The number of benzene rings is 1. The van der Waals surface area contributed by atoms with E-state index < -0.39 is 0 Å². The SMILES string of the molecule is CCOC(CC)c1ccc(Cl)cc1. The molecule has 1 aromatic carbocycles. The van der Waals surface area contributed by atoms with E-state index in [1.165, 1.54) is 5.56 Å². The standard InChI is InChI=1S/C11H15ClO/c1-3-11(13-4-2)9-5-7-10(12)8-6-9/h5-8,11H,3-4H2,1-2H3. The summed E-state index contributed by atoms with van der Waals surface area (Å²) < 4.78 is 5.57. The topological polar surface area (TPSA) is 9.23 Å². The van der Waals surface area contributed by atoms with Gasteiger partial charge in [0.15, 0.2) is 0 Å². The van der Waals surface area contributed by atoms with Crippen LogP contribution < -0.4 is 0 Å². The van der Waals surface area contributed by atoms with Gasteiger partial charge in [-0.25, -0.2) is 0 Å². The highest BCUT2D eigenvalue weighted by Gasteiger charge is 2.07. The van der Waals surface area contributed by atoms with Gasteiger partial charge in [0, 0.05) is 11.6 Å². The maximum Gasteiger partial charge on any atom is 0.0822 e. The van der Waals surface area contributed by atoms with E-state index in [4.69, 9.17) is 16.3 Å². The van der Waals surface area contributed by atoms with Crippen LogP contribution in [0.25, 0.3) is 0 Å². The van der Waals surface area contributed by atoms with Gasteiger partial charge in [0.1, 0.15) is 0 Å². The van der Waals surface area contributed by atoms with Gasteiger partial charge in [0.2, 0.25) is 0 Å². The highest BCUT2D eigenvalue weighted by atomic mass is 35.5. The Hall–Kier alpha value is -0.530. The molecular formula is C11H15ClO. The Labute approximate surface area is 84.7 Å². The molecule has 1 aromatic rings. The van der Waals surface area contributed by atoms with E-state index in [1.54, 1.807) is 0 Å². The number of hydrogen-bond acceptors (Lipinski definition) is 1. The highest BCUT2D eigenvalue weighted by Crippen LogP contribution is 2.22. The first-order valence-electron chi connectivity index (χ1n) is 4.65. The molecule has 0 fully saturated rings. The Bertz CT molecular complexity index is 243. The van der Waals surface area contributed by atoms with E-state index in [1.807, 2.05) is 31.2 Å². The normalized spacial score (nSPS) is 12.8. The van der Waals surface area contributed by atoms with Crippen LogP contribution in [0.15, 0.2) is 24.3 Å². The van der Waals surface area contributed by atoms with Crippen molar-refractivity contribution in [1.29, 1.82) is 0 Å². The van der Waals surface area contributed by atoms with E-state index in [9.17, 15) is 0 Å². The monoisotopic (exact) mass is 198 g/mol. The average molecular weight is 199 g/mol. The molecule has 72 valence electrons. The van der Waals surface area contributed by atoms with Crippen molar-refractivity contribution in [2.24, 2.45) is 0 Å². The number of halogens is 1. The third-order valence-electron chi connectivity index (χ3n) is 1.98. The van der Waals surface area contributed by atoms with Crippen molar-refractivity contribution in [1.82, 2.24) is 0 Å². The summed E-state index contributed by atoms with van der Waals surface area (Å²) in [5.74, 6) is 0. The van der Waals surface area contributed by atoms with Crippen LogP contribution in [0.2, 0.25) is 5.02 Å². The zero-order valence-corrected chi connectivity index (χ0v) is 8.84. The van der Waals surface area contributed by atoms with Gasteiger partial charge in [-0.1, -0.05) is 30.7 Å². The van der Waals surface area contributed by atoms with Crippen LogP contribution >= 0.6 is 11.6 Å². The van der Waals surface area contributed by atoms with Gasteiger partial charge < -0.3 is 4.74 Å². The number of ether oxygens (including phenoxy) is 1. The first kappa shape index (κ1) is 10.6. The van der Waals surface area contributed by atoms with E-state index in [0.717, 1.165) is 18.1 Å². The van der Waals surface area contributed by atoms with Crippen LogP contribution in [0.4, 0.5) is 0 Å². The summed E-state index contributed by atoms with van der Waals surface area (Å²) in [6.45, 7) is 4.88. The maximum atomic E-state index is 5.80. The van der Waals surface area contributed by atoms with Crippen molar-refractivity contribution in [3.63, 3.8) is 0 Å². The minimum atomic E-state index is 0.210. The van der Waals surface area contributed by atoms with Crippen LogP contribution in [0.5, 0.6) is 0 Å². The van der Waals surface area contributed by atoms with Gasteiger partial charge >= 0.3 is 0 Å². The Morgan fingerprint density at radius 2 is 1.85 bits per heavy atom. The van der Waals surface area contributed by atoms with Gasteiger partial charge in [-0.3, -0.25) is 0 Å². The molecular weight excluding hydrogens is 184 g/mol. The Morgan fingerprint density at radius 1 is 1.23 bits per heavy atom. The van der Waals surface area contributed by atoms with Gasteiger partial charge in [0.25, 0.3) is 0 Å². The third kappa shape index (κ3) is 3.02. The maximum absolute atomic E-state index is 5.80. The lowest BCUT2D eigenvalue weighted by Crippen LogP contribution is -2.02. The van der Waals surface area contributed by atoms with Crippen LogP contribution in [0.3, 0.4) is 0 Å². The molecule has 0 amide bonds. The Balaban J connectivity index is 2.73. The molecule has 2 heteroatoms. The van der Waals surface area contributed by atoms with Crippen molar-refractivity contribution in [2.45, 2.75) is 26.4 Å². The first-order chi connectivity index (χ1) is 6.27. The molecule has 1 nitrogen and oxygen atoms in total. The van der Waals surface area contributed by atoms with Gasteiger partial charge in [0.05, 0.1) is 6.10 Å². The lowest BCUT2D eigenvalue weighted by molar-refractivity contribution is 0.0598. The molecule has 0 saturated heterocycles. The molecule has 13 heavy (non-hydrogen) atoms. The van der Waals surface area contributed by atoms with Crippen molar-refractivity contribution >= 4 is 11.6 Å². The summed E-state index contributed by atoms with van der Waals surface area (Å²) in [7, 11) is 0. The number of hydrogen-bond donors (Lipinski definition) is 0. The average Bonchev–Trinajstić information content (AvgIpc) is 2.16. The van der Waals surface area contributed by atoms with Crippen LogP contribution in [-0.2, 0) is 4.74 Å². The van der Waals surface area contributed by atoms with Crippen molar-refractivity contribution in [3.8, 4) is 0 Å². The predicted molar refractivity (Wildman–Crippen MR) is 56.1 cm³/mol. The third-order valence-corrected chi connectivity index (χ3v) is 2.23. The minimum Gasteiger partial charge on any atom is -0.374 e. The lowest BCUT2D eigenvalue weighted by atomic mass is 10.1. The van der Waals surface area contributed by atoms with Gasteiger partial charge in [-0.05, 0) is 31.0 Å². The summed E-state index contributed by atoms with van der Waals surface area (Å²) in [4.78, 5) is 0. The van der Waals surface area contributed by atoms with E-state index in [2.05, 4.69) is 6.92 Å². The molecule has 0 aliphatic carbocycles. The molecule has 0 heterocycles. The summed E-state index contributed by atoms with van der Waals surface area (Å²) in [6.07, 6.45) is 1.21. The van der Waals surface area contributed by atoms with E-state index in [0.29, 0.717) is 0 Å². The summed E-state index contributed by atoms with van der Waals surface area (Å²) in [6, 6.07) is 7.84. The van der Waals surface area contributed by atoms with Gasteiger partial charge in [-0.15, -0.1) is 0 Å². The summed E-state index contributed by atoms with van der Waals surface area (Å²) in [5, 5.41) is 0.773. The summed E-state index contributed by atoms with van der Waals surface area (Å²) in [5.41, 5.74) is 1.20. The smallest absolute Gasteiger partial charge is 0.0822 e. The molecule has 0 aliphatic heterocycles. The predicted octanol–water partition coefficient (Wildman–Crippen LogP) is 3.83. The molecule has 0 N–H and O–H groups in total. The zero-order valence-electron chi connectivity index (χ0n) is 8.09. The minimum absolute atomic E-state index is 0.210. The Morgan fingerprint density at radius 3 is 2.31 bits per heavy atom. The zero-order chi connectivity index (χ0) is 9.68. The first-order valence-corrected chi connectivity index (χ1v) is 5.02. The van der Waals surface area contributed by atoms with Crippen molar-refractivity contribution < 1.29 is 4.74 Å². The molecule has 1 rings (SSSR count).